The van der Waals surface area contributed by atoms with Gasteiger partial charge in [0.25, 0.3) is 0 Å². The van der Waals surface area contributed by atoms with Gasteiger partial charge in [-0.05, 0) is 24.9 Å². The first-order valence-corrected chi connectivity index (χ1v) is 7.56. The summed E-state index contributed by atoms with van der Waals surface area (Å²) in [7, 11) is 0. The third-order valence-electron chi connectivity index (χ3n) is 2.32. The van der Waals surface area contributed by atoms with Crippen LogP contribution in [0.1, 0.15) is 19.8 Å². The molecule has 0 saturated heterocycles. The van der Waals surface area contributed by atoms with Crippen LogP contribution in [0.3, 0.4) is 0 Å². The third kappa shape index (κ3) is 5.29. The molecule has 0 fully saturated rings. The summed E-state index contributed by atoms with van der Waals surface area (Å²) < 4.78 is 0. The Kier molecular flexibility index (Phi) is 6.94. The van der Waals surface area contributed by atoms with Crippen molar-refractivity contribution in [3.63, 3.8) is 0 Å². The lowest BCUT2D eigenvalue weighted by Crippen LogP contribution is -2.11. The molecule has 0 aliphatic carbocycles. The highest BCUT2D eigenvalue weighted by molar-refractivity contribution is 7.98. The van der Waals surface area contributed by atoms with E-state index in [9.17, 15) is 10.1 Å². The van der Waals surface area contributed by atoms with Crippen molar-refractivity contribution in [2.45, 2.75) is 19.8 Å². The normalized spacial score (nSPS) is 10.2. The van der Waals surface area contributed by atoms with Crippen LogP contribution in [-0.4, -0.2) is 40.0 Å². The van der Waals surface area contributed by atoms with Gasteiger partial charge < -0.3 is 10.6 Å². The van der Waals surface area contributed by atoms with Gasteiger partial charge in [0.15, 0.2) is 0 Å². The zero-order chi connectivity index (χ0) is 14.1. The van der Waals surface area contributed by atoms with Crippen molar-refractivity contribution >= 4 is 29.2 Å². The molecular formula is C11H19N5O2S. The van der Waals surface area contributed by atoms with Gasteiger partial charge >= 0.3 is 5.69 Å². The minimum absolute atomic E-state index is 0.0915. The van der Waals surface area contributed by atoms with E-state index in [2.05, 4.69) is 20.6 Å². The van der Waals surface area contributed by atoms with Crippen LogP contribution in [0.15, 0.2) is 6.20 Å². The molecule has 0 amide bonds. The van der Waals surface area contributed by atoms with Crippen molar-refractivity contribution in [2.75, 3.05) is 35.7 Å². The van der Waals surface area contributed by atoms with Crippen molar-refractivity contribution in [3.05, 3.63) is 16.3 Å². The number of hydrogen-bond donors (Lipinski definition) is 2. The van der Waals surface area contributed by atoms with Crippen LogP contribution in [0.2, 0.25) is 0 Å². The number of anilines is 2. The van der Waals surface area contributed by atoms with E-state index >= 15 is 0 Å². The van der Waals surface area contributed by atoms with E-state index in [0.29, 0.717) is 12.5 Å². The number of nitrogens with one attached hydrogen (secondary N) is 2. The predicted octanol–water partition coefficient (Wildman–Crippen LogP) is 2.37. The van der Waals surface area contributed by atoms with Crippen LogP contribution < -0.4 is 10.6 Å². The van der Waals surface area contributed by atoms with Crippen molar-refractivity contribution in [2.24, 2.45) is 0 Å². The summed E-state index contributed by atoms with van der Waals surface area (Å²) in [4.78, 5) is 18.5. The van der Waals surface area contributed by atoms with Crippen LogP contribution in [0.4, 0.5) is 17.5 Å². The number of rotatable bonds is 9. The lowest BCUT2D eigenvalue weighted by molar-refractivity contribution is -0.384. The Balaban J connectivity index is 2.74. The van der Waals surface area contributed by atoms with Crippen molar-refractivity contribution < 1.29 is 4.92 Å². The second kappa shape index (κ2) is 8.52. The van der Waals surface area contributed by atoms with E-state index in [-0.39, 0.29) is 11.5 Å². The molecular weight excluding hydrogens is 266 g/mol. The first-order valence-electron chi connectivity index (χ1n) is 6.17. The second-order valence-electron chi connectivity index (χ2n) is 3.88. The topological polar surface area (TPSA) is 93.0 Å². The van der Waals surface area contributed by atoms with Gasteiger partial charge in [-0.3, -0.25) is 10.1 Å². The average Bonchev–Trinajstić information content (AvgIpc) is 2.41. The standard InChI is InChI=1S/C11H19N5O2S/c1-3-5-13-11-14-8-9(16(17)18)10(15-11)12-6-4-7-19-2/h8H,3-7H2,1-2H3,(H2,12,13,14,15). The molecule has 1 heterocycles. The molecule has 0 unspecified atom stereocenters. The number of thioether (sulfide) groups is 1. The van der Waals surface area contributed by atoms with E-state index in [1.54, 1.807) is 11.8 Å². The van der Waals surface area contributed by atoms with Gasteiger partial charge in [-0.25, -0.2) is 4.98 Å². The second-order valence-corrected chi connectivity index (χ2v) is 4.87. The Morgan fingerprint density at radius 3 is 2.84 bits per heavy atom. The number of nitrogens with zero attached hydrogens (tertiary/aromatic N) is 3. The fourth-order valence-corrected chi connectivity index (χ4v) is 1.82. The van der Waals surface area contributed by atoms with Crippen LogP contribution in [-0.2, 0) is 0 Å². The van der Waals surface area contributed by atoms with E-state index in [1.807, 2.05) is 13.2 Å². The van der Waals surface area contributed by atoms with Gasteiger partial charge in [0.1, 0.15) is 6.20 Å². The maximum atomic E-state index is 10.9. The summed E-state index contributed by atoms with van der Waals surface area (Å²) in [5, 5.41) is 16.9. The molecule has 0 aromatic carbocycles. The maximum absolute atomic E-state index is 10.9. The van der Waals surface area contributed by atoms with Crippen LogP contribution >= 0.6 is 11.8 Å². The highest BCUT2D eigenvalue weighted by Gasteiger charge is 2.16. The Labute approximate surface area is 116 Å². The number of aromatic nitrogens is 2. The van der Waals surface area contributed by atoms with E-state index in [1.165, 1.54) is 6.20 Å². The first-order chi connectivity index (χ1) is 9.19. The Bertz CT molecular complexity index is 416. The summed E-state index contributed by atoms with van der Waals surface area (Å²) in [5.74, 6) is 1.70. The van der Waals surface area contributed by atoms with Crippen molar-refractivity contribution in [3.8, 4) is 0 Å². The largest absolute Gasteiger partial charge is 0.364 e. The van der Waals surface area contributed by atoms with Crippen LogP contribution in [0, 0.1) is 10.1 Å². The molecule has 0 spiro atoms. The molecule has 1 aromatic heterocycles. The van der Waals surface area contributed by atoms with Crippen LogP contribution in [0.25, 0.3) is 0 Å². The first kappa shape index (κ1) is 15.5. The maximum Gasteiger partial charge on any atom is 0.329 e. The third-order valence-corrected chi connectivity index (χ3v) is 3.01. The van der Waals surface area contributed by atoms with Crippen molar-refractivity contribution in [1.82, 2.24) is 9.97 Å². The van der Waals surface area contributed by atoms with Crippen molar-refractivity contribution in [1.29, 1.82) is 0 Å². The van der Waals surface area contributed by atoms with E-state index in [0.717, 1.165) is 25.1 Å². The monoisotopic (exact) mass is 285 g/mol. The van der Waals surface area contributed by atoms with Gasteiger partial charge in [0.05, 0.1) is 4.92 Å². The van der Waals surface area contributed by atoms with E-state index < -0.39 is 4.92 Å². The molecule has 2 N–H and O–H groups in total. The fourth-order valence-electron chi connectivity index (χ4n) is 1.38. The summed E-state index contributed by atoms with van der Waals surface area (Å²) in [6.07, 6.45) is 5.14. The molecule has 1 rings (SSSR count). The molecule has 106 valence electrons. The van der Waals surface area contributed by atoms with Gasteiger partial charge in [0.2, 0.25) is 11.8 Å². The SMILES string of the molecule is CCCNc1ncc([N+](=O)[O-])c(NCCCSC)n1. The molecule has 19 heavy (non-hydrogen) atoms. The van der Waals surface area contributed by atoms with Gasteiger partial charge in [0, 0.05) is 13.1 Å². The molecule has 0 saturated carbocycles. The molecule has 1 aromatic rings. The Morgan fingerprint density at radius 1 is 1.42 bits per heavy atom. The Morgan fingerprint density at radius 2 is 2.21 bits per heavy atom. The fraction of sp³-hybridized carbons (Fsp3) is 0.636. The summed E-state index contributed by atoms with van der Waals surface area (Å²) >= 11 is 1.74. The average molecular weight is 285 g/mol. The molecule has 0 atom stereocenters. The molecule has 7 nitrogen and oxygen atoms in total. The van der Waals surface area contributed by atoms with Gasteiger partial charge in [-0.2, -0.15) is 16.7 Å². The summed E-state index contributed by atoms with van der Waals surface area (Å²) in [6.45, 7) is 3.43. The predicted molar refractivity (Wildman–Crippen MR) is 79.0 cm³/mol. The molecule has 0 aliphatic rings. The Hall–Kier alpha value is -1.57. The molecule has 0 aliphatic heterocycles. The number of hydrogen-bond acceptors (Lipinski definition) is 7. The smallest absolute Gasteiger partial charge is 0.329 e. The van der Waals surface area contributed by atoms with Gasteiger partial charge in [-0.15, -0.1) is 0 Å². The minimum Gasteiger partial charge on any atom is -0.364 e. The molecule has 0 bridgehead atoms. The number of nitro groups is 1. The minimum atomic E-state index is -0.472. The lowest BCUT2D eigenvalue weighted by Gasteiger charge is -2.08. The quantitative estimate of drug-likeness (QED) is 0.408. The lowest BCUT2D eigenvalue weighted by atomic mass is 10.4. The summed E-state index contributed by atoms with van der Waals surface area (Å²) in [6, 6.07) is 0. The van der Waals surface area contributed by atoms with Gasteiger partial charge in [-0.1, -0.05) is 6.92 Å². The van der Waals surface area contributed by atoms with E-state index in [4.69, 9.17) is 0 Å². The molecule has 0 radical (unpaired) electrons. The summed E-state index contributed by atoms with van der Waals surface area (Å²) in [5.41, 5.74) is -0.0915. The zero-order valence-corrected chi connectivity index (χ0v) is 12.0. The zero-order valence-electron chi connectivity index (χ0n) is 11.2. The highest BCUT2D eigenvalue weighted by Crippen LogP contribution is 2.21. The molecule has 8 heteroatoms. The van der Waals surface area contributed by atoms with Crippen LogP contribution in [0.5, 0.6) is 0 Å². The highest BCUT2D eigenvalue weighted by atomic mass is 32.2.